The standard InChI is InChI=1S/C23H29N3O3S/c1-3-28-19-7-5-4-6-18(19)24-20(27)14(2)30-22-26-25-21(29-22)23-11-15-8-16(12-23)10-17(9-15)13-23/h4-7,14-17H,3,8-13H2,1-2H3,(H,24,27)/t14-,15?,16?,17?,23?/m1/s1. The fraction of sp³-hybridized carbons (Fsp3) is 0.609. The van der Waals surface area contributed by atoms with E-state index in [0.29, 0.717) is 23.3 Å². The largest absolute Gasteiger partial charge is 0.492 e. The molecule has 0 saturated heterocycles. The van der Waals surface area contributed by atoms with Gasteiger partial charge in [0, 0.05) is 5.41 Å². The van der Waals surface area contributed by atoms with Crippen molar-refractivity contribution in [1.82, 2.24) is 10.2 Å². The average molecular weight is 428 g/mol. The van der Waals surface area contributed by atoms with Crippen molar-refractivity contribution in [2.45, 2.75) is 68.3 Å². The number of anilines is 1. The molecular formula is C23H29N3O3S. The number of hydrogen-bond donors (Lipinski definition) is 1. The van der Waals surface area contributed by atoms with Gasteiger partial charge in [0.25, 0.3) is 5.22 Å². The number of rotatable bonds is 7. The van der Waals surface area contributed by atoms with Crippen molar-refractivity contribution in [3.05, 3.63) is 30.2 Å². The molecule has 160 valence electrons. The molecule has 0 aliphatic heterocycles. The zero-order chi connectivity index (χ0) is 20.7. The summed E-state index contributed by atoms with van der Waals surface area (Å²) in [5, 5.41) is 11.8. The summed E-state index contributed by atoms with van der Waals surface area (Å²) in [5.41, 5.74) is 0.763. The zero-order valence-corrected chi connectivity index (χ0v) is 18.4. The highest BCUT2D eigenvalue weighted by atomic mass is 32.2. The molecule has 1 atom stereocenters. The molecule has 0 radical (unpaired) electrons. The van der Waals surface area contributed by atoms with Gasteiger partial charge in [-0.1, -0.05) is 23.9 Å². The van der Waals surface area contributed by atoms with Gasteiger partial charge in [-0.15, -0.1) is 10.2 Å². The molecule has 2 aromatic rings. The van der Waals surface area contributed by atoms with Gasteiger partial charge < -0.3 is 14.5 Å². The van der Waals surface area contributed by atoms with Crippen LogP contribution in [0.5, 0.6) is 5.75 Å². The first-order valence-electron chi connectivity index (χ1n) is 11.1. The lowest BCUT2D eigenvalue weighted by Gasteiger charge is -2.55. The Morgan fingerprint density at radius 2 is 1.87 bits per heavy atom. The van der Waals surface area contributed by atoms with Crippen LogP contribution >= 0.6 is 11.8 Å². The molecule has 1 amide bonds. The lowest BCUT2D eigenvalue weighted by Crippen LogP contribution is -2.48. The second kappa shape index (κ2) is 7.91. The first-order chi connectivity index (χ1) is 14.5. The summed E-state index contributed by atoms with van der Waals surface area (Å²) in [4.78, 5) is 12.7. The van der Waals surface area contributed by atoms with Gasteiger partial charge in [0.15, 0.2) is 0 Å². The van der Waals surface area contributed by atoms with Crippen LogP contribution in [0.25, 0.3) is 0 Å². The number of thioether (sulfide) groups is 1. The normalized spacial score (nSPS) is 30.3. The molecule has 4 fully saturated rings. The minimum Gasteiger partial charge on any atom is -0.492 e. The summed E-state index contributed by atoms with van der Waals surface area (Å²) >= 11 is 1.32. The Morgan fingerprint density at radius 3 is 2.53 bits per heavy atom. The van der Waals surface area contributed by atoms with Gasteiger partial charge in [0.2, 0.25) is 11.8 Å². The molecular weight excluding hydrogens is 398 g/mol. The number of nitrogens with zero attached hydrogens (tertiary/aromatic N) is 2. The molecule has 4 saturated carbocycles. The number of aromatic nitrogens is 2. The monoisotopic (exact) mass is 427 g/mol. The van der Waals surface area contributed by atoms with Crippen LogP contribution in [-0.2, 0) is 10.2 Å². The van der Waals surface area contributed by atoms with Crippen molar-refractivity contribution in [3.63, 3.8) is 0 Å². The second-order valence-electron chi connectivity index (χ2n) is 9.25. The van der Waals surface area contributed by atoms with Gasteiger partial charge in [-0.3, -0.25) is 4.79 Å². The van der Waals surface area contributed by atoms with E-state index in [4.69, 9.17) is 9.15 Å². The molecule has 1 aromatic carbocycles. The van der Waals surface area contributed by atoms with Gasteiger partial charge in [0.1, 0.15) is 5.75 Å². The Balaban J connectivity index is 1.25. The fourth-order valence-corrected chi connectivity index (χ4v) is 6.82. The maximum Gasteiger partial charge on any atom is 0.277 e. The second-order valence-corrected chi connectivity index (χ2v) is 10.5. The maximum atomic E-state index is 12.7. The van der Waals surface area contributed by atoms with Crippen LogP contribution in [0.15, 0.2) is 33.9 Å². The van der Waals surface area contributed by atoms with Crippen LogP contribution in [0.1, 0.15) is 58.3 Å². The van der Waals surface area contributed by atoms with E-state index in [2.05, 4.69) is 15.5 Å². The number of para-hydroxylation sites is 2. The number of nitrogens with one attached hydrogen (secondary N) is 1. The van der Waals surface area contributed by atoms with Crippen molar-refractivity contribution in [2.75, 3.05) is 11.9 Å². The summed E-state index contributed by atoms with van der Waals surface area (Å²) in [6.45, 7) is 4.33. The molecule has 4 aliphatic rings. The molecule has 30 heavy (non-hydrogen) atoms. The predicted octanol–water partition coefficient (Wildman–Crippen LogP) is 5.06. The van der Waals surface area contributed by atoms with Crippen LogP contribution in [0, 0.1) is 17.8 Å². The van der Waals surface area contributed by atoms with E-state index in [-0.39, 0.29) is 16.6 Å². The van der Waals surface area contributed by atoms with E-state index in [1.807, 2.05) is 38.1 Å². The molecule has 1 N–H and O–H groups in total. The van der Waals surface area contributed by atoms with Gasteiger partial charge in [-0.05, 0) is 82.3 Å². The van der Waals surface area contributed by atoms with Gasteiger partial charge >= 0.3 is 0 Å². The molecule has 1 heterocycles. The van der Waals surface area contributed by atoms with Gasteiger partial charge in [0.05, 0.1) is 17.5 Å². The molecule has 4 bridgehead atoms. The Hall–Kier alpha value is -2.02. The highest BCUT2D eigenvalue weighted by Gasteiger charge is 2.54. The van der Waals surface area contributed by atoms with Crippen molar-refractivity contribution < 1.29 is 13.9 Å². The summed E-state index contributed by atoms with van der Waals surface area (Å²) in [5.74, 6) is 3.85. The van der Waals surface area contributed by atoms with Crippen molar-refractivity contribution in [1.29, 1.82) is 0 Å². The lowest BCUT2D eigenvalue weighted by molar-refractivity contribution is -0.115. The SMILES string of the molecule is CCOc1ccccc1NC(=O)[C@@H](C)Sc1nnc(C23CC4CC(CC(C4)C2)C3)o1. The predicted molar refractivity (Wildman–Crippen MR) is 116 cm³/mol. The van der Waals surface area contributed by atoms with Crippen LogP contribution < -0.4 is 10.1 Å². The molecule has 1 aromatic heterocycles. The van der Waals surface area contributed by atoms with E-state index < -0.39 is 0 Å². The number of hydrogen-bond acceptors (Lipinski definition) is 6. The Labute approximate surface area is 181 Å². The number of carbonyl (C=O) groups excluding carboxylic acids is 1. The number of carbonyl (C=O) groups is 1. The van der Waals surface area contributed by atoms with E-state index >= 15 is 0 Å². The molecule has 7 heteroatoms. The molecule has 6 nitrogen and oxygen atoms in total. The summed E-state index contributed by atoms with van der Waals surface area (Å²) in [7, 11) is 0. The van der Waals surface area contributed by atoms with Crippen molar-refractivity contribution in [2.24, 2.45) is 17.8 Å². The Morgan fingerprint density at radius 1 is 1.20 bits per heavy atom. The highest BCUT2D eigenvalue weighted by molar-refractivity contribution is 8.00. The van der Waals surface area contributed by atoms with Gasteiger partial charge in [-0.25, -0.2) is 0 Å². The van der Waals surface area contributed by atoms with Crippen LogP contribution in [0.2, 0.25) is 0 Å². The minimum atomic E-state index is -0.357. The average Bonchev–Trinajstić information content (AvgIpc) is 3.18. The quantitative estimate of drug-likeness (QED) is 0.623. The number of benzene rings is 1. The number of ether oxygens (including phenoxy) is 1. The van der Waals surface area contributed by atoms with Crippen LogP contribution in [0.4, 0.5) is 5.69 Å². The third-order valence-electron chi connectivity index (χ3n) is 6.99. The molecule has 0 unspecified atom stereocenters. The third kappa shape index (κ3) is 3.72. The smallest absolute Gasteiger partial charge is 0.277 e. The maximum absolute atomic E-state index is 12.7. The highest BCUT2D eigenvalue weighted by Crippen LogP contribution is 2.60. The van der Waals surface area contributed by atoms with E-state index in [1.165, 1.54) is 50.3 Å². The first-order valence-corrected chi connectivity index (χ1v) is 12.0. The van der Waals surface area contributed by atoms with Crippen molar-refractivity contribution >= 4 is 23.4 Å². The Kier molecular flexibility index (Phi) is 5.25. The fourth-order valence-electron chi connectivity index (χ4n) is 6.13. The lowest BCUT2D eigenvalue weighted by atomic mass is 9.49. The topological polar surface area (TPSA) is 77.2 Å². The third-order valence-corrected chi connectivity index (χ3v) is 7.92. The summed E-state index contributed by atoms with van der Waals surface area (Å²) < 4.78 is 11.7. The zero-order valence-electron chi connectivity index (χ0n) is 17.6. The van der Waals surface area contributed by atoms with E-state index in [0.717, 1.165) is 23.6 Å². The van der Waals surface area contributed by atoms with E-state index in [9.17, 15) is 4.79 Å². The van der Waals surface area contributed by atoms with E-state index in [1.54, 1.807) is 0 Å². The molecule has 0 spiro atoms. The van der Waals surface area contributed by atoms with Crippen LogP contribution in [0.3, 0.4) is 0 Å². The Bertz CT molecular complexity index is 893. The van der Waals surface area contributed by atoms with Gasteiger partial charge in [-0.2, -0.15) is 0 Å². The molecule has 4 aliphatic carbocycles. The summed E-state index contributed by atoms with van der Waals surface area (Å²) in [6, 6.07) is 7.47. The van der Waals surface area contributed by atoms with Crippen molar-refractivity contribution in [3.8, 4) is 5.75 Å². The summed E-state index contributed by atoms with van der Waals surface area (Å²) in [6.07, 6.45) is 7.72. The molecule has 6 rings (SSSR count). The minimum absolute atomic E-state index is 0.0858. The number of amides is 1. The van der Waals surface area contributed by atoms with Crippen LogP contribution in [-0.4, -0.2) is 28.0 Å². The first kappa shape index (κ1) is 19.9.